The molecule has 0 saturated carbocycles. The molecule has 0 fully saturated rings. The van der Waals surface area contributed by atoms with E-state index in [1.54, 1.807) is 24.2 Å². The van der Waals surface area contributed by atoms with Gasteiger partial charge in [0.15, 0.2) is 5.82 Å². The van der Waals surface area contributed by atoms with E-state index in [1.165, 1.54) is 5.56 Å². The Morgan fingerprint density at radius 1 is 1.03 bits per heavy atom. The molecule has 2 heterocycles. The van der Waals surface area contributed by atoms with Gasteiger partial charge in [0.25, 0.3) is 0 Å². The van der Waals surface area contributed by atoms with Crippen LogP contribution in [0.1, 0.15) is 30.5 Å². The molecule has 146 valence electrons. The zero-order valence-corrected chi connectivity index (χ0v) is 16.2. The summed E-state index contributed by atoms with van der Waals surface area (Å²) in [7, 11) is 0. The number of nitrogens with one attached hydrogen (secondary N) is 1. The number of carbonyl (C=O) groups is 2. The monoisotopic (exact) mass is 386 g/mol. The Morgan fingerprint density at radius 2 is 1.72 bits per heavy atom. The standard InChI is InChI=1S/C23H22N4O2/c1-16(28)27-12-11-17-7-5-6-10-20(17)21(27)13-22(29)26-19-14-24-23(25-15-19)18-8-3-2-4-9-18/h2-10,14-15,21H,11-13H2,1H3,(H,26,29). The van der Waals surface area contributed by atoms with E-state index < -0.39 is 0 Å². The quantitative estimate of drug-likeness (QED) is 0.743. The number of hydrogen-bond donors (Lipinski definition) is 1. The molecule has 1 aliphatic heterocycles. The fourth-order valence-electron chi connectivity index (χ4n) is 3.77. The van der Waals surface area contributed by atoms with E-state index in [9.17, 15) is 9.59 Å². The lowest BCUT2D eigenvalue weighted by molar-refractivity contribution is -0.132. The van der Waals surface area contributed by atoms with Gasteiger partial charge >= 0.3 is 0 Å². The zero-order valence-electron chi connectivity index (χ0n) is 16.2. The minimum absolute atomic E-state index is 0.0205. The summed E-state index contributed by atoms with van der Waals surface area (Å²) < 4.78 is 0. The summed E-state index contributed by atoms with van der Waals surface area (Å²) in [6.45, 7) is 2.17. The number of anilines is 1. The third kappa shape index (κ3) is 4.16. The molecule has 0 saturated heterocycles. The molecule has 0 spiro atoms. The maximum absolute atomic E-state index is 12.7. The second kappa shape index (κ2) is 8.22. The van der Waals surface area contributed by atoms with E-state index in [-0.39, 0.29) is 24.3 Å². The van der Waals surface area contributed by atoms with Crippen LogP contribution in [-0.2, 0) is 16.0 Å². The van der Waals surface area contributed by atoms with Crippen molar-refractivity contribution in [2.24, 2.45) is 0 Å². The summed E-state index contributed by atoms with van der Waals surface area (Å²) >= 11 is 0. The van der Waals surface area contributed by atoms with E-state index in [4.69, 9.17) is 0 Å². The highest BCUT2D eigenvalue weighted by Gasteiger charge is 2.30. The first kappa shape index (κ1) is 18.8. The number of aromatic nitrogens is 2. The highest BCUT2D eigenvalue weighted by atomic mass is 16.2. The maximum atomic E-state index is 12.7. The molecule has 2 aromatic carbocycles. The molecule has 6 heteroatoms. The van der Waals surface area contributed by atoms with Gasteiger partial charge in [-0.2, -0.15) is 0 Å². The van der Waals surface area contributed by atoms with Gasteiger partial charge in [-0.25, -0.2) is 9.97 Å². The number of rotatable bonds is 4. The van der Waals surface area contributed by atoms with Gasteiger partial charge in [-0.05, 0) is 17.5 Å². The van der Waals surface area contributed by atoms with Gasteiger partial charge in [-0.1, -0.05) is 54.6 Å². The minimum Gasteiger partial charge on any atom is -0.335 e. The van der Waals surface area contributed by atoms with Crippen LogP contribution in [0.3, 0.4) is 0 Å². The predicted octanol–water partition coefficient (Wildman–Crippen LogP) is 3.62. The van der Waals surface area contributed by atoms with E-state index >= 15 is 0 Å². The lowest BCUT2D eigenvalue weighted by Crippen LogP contribution is -2.40. The van der Waals surface area contributed by atoms with Gasteiger partial charge in [0.2, 0.25) is 11.8 Å². The molecular weight excluding hydrogens is 364 g/mol. The Kier molecular flexibility index (Phi) is 5.33. The van der Waals surface area contributed by atoms with Gasteiger partial charge in [0, 0.05) is 19.0 Å². The van der Waals surface area contributed by atoms with Crippen molar-refractivity contribution in [3.8, 4) is 11.4 Å². The van der Waals surface area contributed by atoms with Crippen molar-refractivity contribution >= 4 is 17.5 Å². The Bertz CT molecular complexity index is 1020. The van der Waals surface area contributed by atoms with Gasteiger partial charge in [-0.3, -0.25) is 9.59 Å². The molecule has 0 aliphatic carbocycles. The van der Waals surface area contributed by atoms with Crippen LogP contribution in [0.4, 0.5) is 5.69 Å². The molecule has 3 aromatic rings. The summed E-state index contributed by atoms with van der Waals surface area (Å²) in [4.78, 5) is 35.3. The summed E-state index contributed by atoms with van der Waals surface area (Å²) in [6, 6.07) is 17.4. The van der Waals surface area contributed by atoms with Crippen molar-refractivity contribution in [2.45, 2.75) is 25.8 Å². The number of benzene rings is 2. The first-order valence-electron chi connectivity index (χ1n) is 9.64. The fourth-order valence-corrected chi connectivity index (χ4v) is 3.77. The molecule has 1 aliphatic rings. The fraction of sp³-hybridized carbons (Fsp3) is 0.217. The van der Waals surface area contributed by atoms with Crippen LogP contribution in [0, 0.1) is 0 Å². The molecule has 0 radical (unpaired) electrons. The maximum Gasteiger partial charge on any atom is 0.226 e. The molecule has 1 atom stereocenters. The average molecular weight is 386 g/mol. The molecule has 0 bridgehead atoms. The van der Waals surface area contributed by atoms with E-state index in [0.717, 1.165) is 17.5 Å². The normalized spacial score (nSPS) is 15.5. The summed E-state index contributed by atoms with van der Waals surface area (Å²) in [6.07, 6.45) is 4.20. The second-order valence-corrected chi connectivity index (χ2v) is 7.09. The Balaban J connectivity index is 1.48. The number of amides is 2. The highest BCUT2D eigenvalue weighted by molar-refractivity contribution is 5.91. The molecule has 1 unspecified atom stereocenters. The van der Waals surface area contributed by atoms with Crippen LogP contribution < -0.4 is 5.32 Å². The third-order valence-electron chi connectivity index (χ3n) is 5.16. The number of hydrogen-bond acceptors (Lipinski definition) is 4. The number of fused-ring (bicyclic) bond motifs is 1. The first-order chi connectivity index (χ1) is 14.1. The first-order valence-corrected chi connectivity index (χ1v) is 9.64. The van der Waals surface area contributed by atoms with Crippen molar-refractivity contribution in [1.82, 2.24) is 14.9 Å². The van der Waals surface area contributed by atoms with Gasteiger partial charge in [0.05, 0.1) is 30.5 Å². The Hall–Kier alpha value is -3.54. The van der Waals surface area contributed by atoms with Gasteiger partial charge in [-0.15, -0.1) is 0 Å². The summed E-state index contributed by atoms with van der Waals surface area (Å²) in [5.74, 6) is 0.412. The Morgan fingerprint density at radius 3 is 2.45 bits per heavy atom. The lowest BCUT2D eigenvalue weighted by atomic mass is 9.90. The summed E-state index contributed by atoms with van der Waals surface area (Å²) in [5, 5.41) is 2.86. The van der Waals surface area contributed by atoms with Crippen LogP contribution in [0.25, 0.3) is 11.4 Å². The van der Waals surface area contributed by atoms with Crippen LogP contribution >= 0.6 is 0 Å². The van der Waals surface area contributed by atoms with Crippen LogP contribution in [0.15, 0.2) is 67.0 Å². The smallest absolute Gasteiger partial charge is 0.226 e. The SMILES string of the molecule is CC(=O)N1CCc2ccccc2C1CC(=O)Nc1cnc(-c2ccccc2)nc1. The van der Waals surface area contributed by atoms with Crippen LogP contribution in [0.2, 0.25) is 0 Å². The minimum atomic E-state index is -0.262. The number of carbonyl (C=O) groups excluding carboxylic acids is 2. The highest BCUT2D eigenvalue weighted by Crippen LogP contribution is 2.32. The molecule has 6 nitrogen and oxygen atoms in total. The second-order valence-electron chi connectivity index (χ2n) is 7.09. The molecule has 1 N–H and O–H groups in total. The third-order valence-corrected chi connectivity index (χ3v) is 5.16. The van der Waals surface area contributed by atoms with Crippen molar-refractivity contribution in [3.63, 3.8) is 0 Å². The average Bonchev–Trinajstić information content (AvgIpc) is 2.75. The van der Waals surface area contributed by atoms with Crippen LogP contribution in [-0.4, -0.2) is 33.2 Å². The molecule has 4 rings (SSSR count). The van der Waals surface area contributed by atoms with Crippen LogP contribution in [0.5, 0.6) is 0 Å². The topological polar surface area (TPSA) is 75.2 Å². The predicted molar refractivity (Wildman–Crippen MR) is 111 cm³/mol. The molecular formula is C23H22N4O2. The van der Waals surface area contributed by atoms with Crippen molar-refractivity contribution in [2.75, 3.05) is 11.9 Å². The Labute approximate surface area is 169 Å². The molecule has 2 amide bonds. The van der Waals surface area contributed by atoms with E-state index in [1.807, 2.05) is 48.5 Å². The van der Waals surface area contributed by atoms with Gasteiger partial charge in [0.1, 0.15) is 0 Å². The lowest BCUT2D eigenvalue weighted by Gasteiger charge is -2.36. The zero-order chi connectivity index (χ0) is 20.2. The largest absolute Gasteiger partial charge is 0.335 e. The number of nitrogens with zero attached hydrogens (tertiary/aromatic N) is 3. The van der Waals surface area contributed by atoms with Crippen molar-refractivity contribution in [3.05, 3.63) is 78.1 Å². The molecule has 29 heavy (non-hydrogen) atoms. The molecule has 1 aromatic heterocycles. The van der Waals surface area contributed by atoms with Crippen molar-refractivity contribution < 1.29 is 9.59 Å². The van der Waals surface area contributed by atoms with Gasteiger partial charge < -0.3 is 10.2 Å². The van der Waals surface area contributed by atoms with Crippen molar-refractivity contribution in [1.29, 1.82) is 0 Å². The summed E-state index contributed by atoms with van der Waals surface area (Å²) in [5.41, 5.74) is 3.69. The van der Waals surface area contributed by atoms with E-state index in [0.29, 0.717) is 18.1 Å². The van der Waals surface area contributed by atoms with E-state index in [2.05, 4.69) is 21.4 Å².